The van der Waals surface area contributed by atoms with Gasteiger partial charge in [0.2, 0.25) is 0 Å². The topological polar surface area (TPSA) is 69.6 Å². The van der Waals surface area contributed by atoms with Crippen molar-refractivity contribution >= 4 is 35.0 Å². The van der Waals surface area contributed by atoms with Gasteiger partial charge in [-0.05, 0) is 42.4 Å². The van der Waals surface area contributed by atoms with Crippen LogP contribution in [0.15, 0.2) is 29.5 Å². The summed E-state index contributed by atoms with van der Waals surface area (Å²) in [5, 5.41) is 14.0. The van der Waals surface area contributed by atoms with Crippen molar-refractivity contribution in [2.24, 2.45) is 5.41 Å². The smallest absolute Gasteiger partial charge is 0.289 e. The van der Waals surface area contributed by atoms with Crippen molar-refractivity contribution in [3.63, 3.8) is 0 Å². The van der Waals surface area contributed by atoms with Gasteiger partial charge in [0.25, 0.3) is 11.8 Å². The van der Waals surface area contributed by atoms with Crippen LogP contribution in [0.1, 0.15) is 39.2 Å². The molecule has 0 radical (unpaired) electrons. The normalized spacial score (nSPS) is 17.6. The maximum Gasteiger partial charge on any atom is 0.289 e. The largest absolute Gasteiger partial charge is 0.503 e. The van der Waals surface area contributed by atoms with Gasteiger partial charge < -0.3 is 15.3 Å². The van der Waals surface area contributed by atoms with Crippen molar-refractivity contribution in [2.75, 3.05) is 13.6 Å². The quantitative estimate of drug-likeness (QED) is 0.689. The zero-order valence-electron chi connectivity index (χ0n) is 16.1. The summed E-state index contributed by atoms with van der Waals surface area (Å²) in [6.07, 6.45) is 2.02. The van der Waals surface area contributed by atoms with Gasteiger partial charge in [-0.25, -0.2) is 0 Å². The van der Waals surface area contributed by atoms with Crippen LogP contribution >= 0.6 is 23.2 Å². The van der Waals surface area contributed by atoms with Crippen LogP contribution in [0.5, 0.6) is 0 Å². The average molecular weight is 413 g/mol. The Labute approximate surface area is 170 Å². The Balaban J connectivity index is 1.96. The molecule has 1 aliphatic rings. The van der Waals surface area contributed by atoms with E-state index in [1.54, 1.807) is 13.1 Å². The fourth-order valence-corrected chi connectivity index (χ4v) is 3.46. The molecular weight excluding hydrogens is 387 g/mol. The van der Waals surface area contributed by atoms with Crippen molar-refractivity contribution in [1.82, 2.24) is 10.2 Å². The Kier molecular flexibility index (Phi) is 6.82. The molecular formula is C20H26Cl2N2O3. The fraction of sp³-hybridized carbons (Fsp3) is 0.500. The number of nitrogens with one attached hydrogen (secondary N) is 1. The lowest BCUT2D eigenvalue weighted by atomic mass is 9.85. The molecule has 2 N–H and O–H groups in total. The van der Waals surface area contributed by atoms with Gasteiger partial charge in [0.1, 0.15) is 0 Å². The number of amides is 2. The summed E-state index contributed by atoms with van der Waals surface area (Å²) in [4.78, 5) is 26.1. The third-order valence-electron chi connectivity index (χ3n) is 4.54. The molecule has 27 heavy (non-hydrogen) atoms. The SMILES string of the molecule is CN1C(=O)C(O)=C(C(=O)NCCCc2ccc(Cl)c(Cl)c2)C1CC(C)(C)C. The summed E-state index contributed by atoms with van der Waals surface area (Å²) in [5.74, 6) is -1.35. The van der Waals surface area contributed by atoms with Crippen LogP contribution in [0.25, 0.3) is 0 Å². The molecule has 0 aromatic heterocycles. The summed E-state index contributed by atoms with van der Waals surface area (Å²) >= 11 is 11.9. The molecule has 1 unspecified atom stereocenters. The lowest BCUT2D eigenvalue weighted by molar-refractivity contribution is -0.128. The van der Waals surface area contributed by atoms with Crippen LogP contribution in [0.4, 0.5) is 0 Å². The average Bonchev–Trinajstić information content (AvgIpc) is 2.77. The maximum atomic E-state index is 12.6. The summed E-state index contributed by atoms with van der Waals surface area (Å²) in [5.41, 5.74) is 1.09. The molecule has 2 amide bonds. The molecule has 5 nitrogen and oxygen atoms in total. The van der Waals surface area contributed by atoms with E-state index in [-0.39, 0.29) is 11.0 Å². The Morgan fingerprint density at radius 1 is 1.26 bits per heavy atom. The second-order valence-corrected chi connectivity index (χ2v) is 8.88. The van der Waals surface area contributed by atoms with E-state index in [0.29, 0.717) is 29.4 Å². The van der Waals surface area contributed by atoms with Crippen LogP contribution in [-0.4, -0.2) is 41.5 Å². The lowest BCUT2D eigenvalue weighted by Gasteiger charge is -2.29. The number of hydrogen-bond donors (Lipinski definition) is 2. The summed E-state index contributed by atoms with van der Waals surface area (Å²) in [6.45, 7) is 6.53. The predicted octanol–water partition coefficient (Wildman–Crippen LogP) is 4.13. The van der Waals surface area contributed by atoms with E-state index in [1.807, 2.05) is 32.9 Å². The molecule has 1 heterocycles. The molecule has 1 aromatic carbocycles. The van der Waals surface area contributed by atoms with Gasteiger partial charge in [-0.1, -0.05) is 50.0 Å². The number of aryl methyl sites for hydroxylation is 1. The van der Waals surface area contributed by atoms with E-state index in [1.165, 1.54) is 4.90 Å². The van der Waals surface area contributed by atoms with Crippen molar-refractivity contribution in [3.8, 4) is 0 Å². The molecule has 148 valence electrons. The third kappa shape index (κ3) is 5.39. The number of nitrogens with zero attached hydrogens (tertiary/aromatic N) is 1. The molecule has 1 atom stereocenters. The standard InChI is InChI=1S/C20H26Cl2N2O3/c1-20(2,3)11-15-16(17(25)19(27)24(15)4)18(26)23-9-5-6-12-7-8-13(21)14(22)10-12/h7-8,10,15,25H,5-6,9,11H2,1-4H3,(H,23,26). The Morgan fingerprint density at radius 3 is 2.52 bits per heavy atom. The molecule has 0 fully saturated rings. The highest BCUT2D eigenvalue weighted by atomic mass is 35.5. The second-order valence-electron chi connectivity index (χ2n) is 8.07. The number of hydrogen-bond acceptors (Lipinski definition) is 3. The molecule has 7 heteroatoms. The summed E-state index contributed by atoms with van der Waals surface area (Å²) in [7, 11) is 1.61. The molecule has 0 saturated carbocycles. The van der Waals surface area contributed by atoms with Crippen LogP contribution in [0.3, 0.4) is 0 Å². The van der Waals surface area contributed by atoms with Crippen molar-refractivity contribution in [2.45, 2.75) is 46.1 Å². The Morgan fingerprint density at radius 2 is 1.93 bits per heavy atom. The first-order chi connectivity index (χ1) is 12.5. The number of halogens is 2. The summed E-state index contributed by atoms with van der Waals surface area (Å²) < 4.78 is 0. The highest BCUT2D eigenvalue weighted by Crippen LogP contribution is 2.33. The third-order valence-corrected chi connectivity index (χ3v) is 5.28. The number of carbonyl (C=O) groups excluding carboxylic acids is 2. The number of rotatable bonds is 6. The van der Waals surface area contributed by atoms with Crippen LogP contribution in [0.2, 0.25) is 10.0 Å². The van der Waals surface area contributed by atoms with E-state index >= 15 is 0 Å². The van der Waals surface area contributed by atoms with Gasteiger partial charge in [0.05, 0.1) is 21.7 Å². The lowest BCUT2D eigenvalue weighted by Crippen LogP contribution is -2.39. The van der Waals surface area contributed by atoms with Gasteiger partial charge in [0, 0.05) is 13.6 Å². The second kappa shape index (κ2) is 8.53. The van der Waals surface area contributed by atoms with E-state index in [2.05, 4.69) is 5.32 Å². The number of aliphatic hydroxyl groups is 1. The molecule has 0 spiro atoms. The molecule has 1 aromatic rings. The zero-order chi connectivity index (χ0) is 20.4. The minimum atomic E-state index is -0.509. The van der Waals surface area contributed by atoms with E-state index in [9.17, 15) is 14.7 Å². The first-order valence-electron chi connectivity index (χ1n) is 8.93. The van der Waals surface area contributed by atoms with Gasteiger partial charge >= 0.3 is 0 Å². The van der Waals surface area contributed by atoms with Crippen LogP contribution in [0, 0.1) is 5.41 Å². The molecule has 2 rings (SSSR count). The zero-order valence-corrected chi connectivity index (χ0v) is 17.6. The number of aliphatic hydroxyl groups excluding tert-OH is 1. The van der Waals surface area contributed by atoms with Gasteiger partial charge in [0.15, 0.2) is 5.76 Å². The van der Waals surface area contributed by atoms with Crippen LogP contribution in [-0.2, 0) is 16.0 Å². The van der Waals surface area contributed by atoms with Crippen molar-refractivity contribution in [1.29, 1.82) is 0 Å². The predicted molar refractivity (Wildman–Crippen MR) is 108 cm³/mol. The maximum absolute atomic E-state index is 12.6. The van der Waals surface area contributed by atoms with Crippen molar-refractivity contribution in [3.05, 3.63) is 45.1 Å². The molecule has 1 aliphatic heterocycles. The number of carbonyl (C=O) groups is 2. The van der Waals surface area contributed by atoms with Gasteiger partial charge in [-0.2, -0.15) is 0 Å². The first kappa shape index (κ1) is 21.6. The van der Waals surface area contributed by atoms with E-state index < -0.39 is 23.6 Å². The monoisotopic (exact) mass is 412 g/mol. The van der Waals surface area contributed by atoms with Gasteiger partial charge in [-0.15, -0.1) is 0 Å². The van der Waals surface area contributed by atoms with E-state index in [4.69, 9.17) is 23.2 Å². The first-order valence-corrected chi connectivity index (χ1v) is 9.69. The molecule has 0 saturated heterocycles. The van der Waals surface area contributed by atoms with Crippen LogP contribution < -0.4 is 5.32 Å². The van der Waals surface area contributed by atoms with Gasteiger partial charge in [-0.3, -0.25) is 9.59 Å². The molecule has 0 aliphatic carbocycles. The molecule has 0 bridgehead atoms. The minimum Gasteiger partial charge on any atom is -0.503 e. The number of likely N-dealkylation sites (N-methyl/N-ethyl adjacent to an activating group) is 1. The Bertz CT molecular complexity index is 769. The fourth-order valence-electron chi connectivity index (χ4n) is 3.14. The minimum absolute atomic E-state index is 0.0940. The van der Waals surface area contributed by atoms with E-state index in [0.717, 1.165) is 12.0 Å². The van der Waals surface area contributed by atoms with Crippen molar-refractivity contribution < 1.29 is 14.7 Å². The number of benzene rings is 1. The highest BCUT2D eigenvalue weighted by molar-refractivity contribution is 6.42. The summed E-state index contributed by atoms with van der Waals surface area (Å²) in [6, 6.07) is 5.03. The highest BCUT2D eigenvalue weighted by Gasteiger charge is 2.42. The Hall–Kier alpha value is -1.72.